The molecule has 1 aliphatic rings. The summed E-state index contributed by atoms with van der Waals surface area (Å²) in [7, 11) is 0. The molecular formula is C22H35Cl2N3O. The van der Waals surface area contributed by atoms with Crippen molar-refractivity contribution in [3.05, 3.63) is 33.8 Å². The lowest BCUT2D eigenvalue weighted by Crippen LogP contribution is -2.52. The van der Waals surface area contributed by atoms with Crippen molar-refractivity contribution in [1.82, 2.24) is 14.7 Å². The maximum atomic E-state index is 12.8. The number of rotatable bonds is 9. The van der Waals surface area contributed by atoms with Crippen LogP contribution in [0.1, 0.15) is 33.3 Å². The Morgan fingerprint density at radius 3 is 2.18 bits per heavy atom. The molecule has 28 heavy (non-hydrogen) atoms. The van der Waals surface area contributed by atoms with Gasteiger partial charge in [0, 0.05) is 55.9 Å². The van der Waals surface area contributed by atoms with Crippen molar-refractivity contribution < 1.29 is 4.79 Å². The predicted molar refractivity (Wildman–Crippen MR) is 119 cm³/mol. The molecule has 1 aliphatic heterocycles. The Labute approximate surface area is 180 Å². The van der Waals surface area contributed by atoms with Gasteiger partial charge in [0.2, 0.25) is 5.91 Å². The number of halogens is 2. The molecule has 1 aromatic rings. The Kier molecular flexibility index (Phi) is 9.55. The molecule has 0 aromatic heterocycles. The summed E-state index contributed by atoms with van der Waals surface area (Å²) in [6, 6.07) is 5.69. The lowest BCUT2D eigenvalue weighted by molar-refractivity contribution is -0.134. The quantitative estimate of drug-likeness (QED) is 0.587. The van der Waals surface area contributed by atoms with Gasteiger partial charge in [-0.05, 0) is 36.0 Å². The highest BCUT2D eigenvalue weighted by Gasteiger charge is 2.23. The molecule has 0 aliphatic carbocycles. The zero-order valence-electron chi connectivity index (χ0n) is 17.8. The van der Waals surface area contributed by atoms with E-state index in [4.69, 9.17) is 23.2 Å². The van der Waals surface area contributed by atoms with E-state index >= 15 is 0 Å². The lowest BCUT2D eigenvalue weighted by Gasteiger charge is -2.36. The average molecular weight is 428 g/mol. The molecule has 0 saturated carbocycles. The van der Waals surface area contributed by atoms with Crippen LogP contribution < -0.4 is 0 Å². The van der Waals surface area contributed by atoms with E-state index in [0.29, 0.717) is 23.4 Å². The number of hydrogen-bond donors (Lipinski definition) is 0. The molecule has 1 amide bonds. The predicted octanol–water partition coefficient (Wildman–Crippen LogP) is 4.29. The van der Waals surface area contributed by atoms with Crippen LogP contribution in [-0.4, -0.2) is 73.0 Å². The Hall–Kier alpha value is -0.810. The van der Waals surface area contributed by atoms with E-state index in [2.05, 4.69) is 37.5 Å². The van der Waals surface area contributed by atoms with Gasteiger partial charge in [0.05, 0.1) is 6.54 Å². The highest BCUT2D eigenvalue weighted by Crippen LogP contribution is 2.21. The molecule has 0 bridgehead atoms. The summed E-state index contributed by atoms with van der Waals surface area (Å²) in [5.74, 6) is 1.41. The number of carbonyl (C=O) groups is 1. The van der Waals surface area contributed by atoms with E-state index in [-0.39, 0.29) is 5.91 Å². The molecule has 1 aromatic carbocycles. The Balaban J connectivity index is 1.77. The number of benzene rings is 1. The summed E-state index contributed by atoms with van der Waals surface area (Å²) in [5, 5.41) is 1.40. The van der Waals surface area contributed by atoms with Crippen molar-refractivity contribution in [3.8, 4) is 0 Å². The normalized spacial score (nSPS) is 15.8. The Morgan fingerprint density at radius 2 is 1.64 bits per heavy atom. The van der Waals surface area contributed by atoms with E-state index in [9.17, 15) is 4.79 Å². The second kappa shape index (κ2) is 11.4. The molecule has 0 unspecified atom stereocenters. The SMILES string of the molecule is CC(C)CN(CC(=O)N1CCN(CCc2ccc(Cl)cc2Cl)CC1)CC(C)C. The lowest BCUT2D eigenvalue weighted by atomic mass is 10.1. The van der Waals surface area contributed by atoms with E-state index in [1.54, 1.807) is 6.07 Å². The van der Waals surface area contributed by atoms with Crippen LogP contribution in [0.25, 0.3) is 0 Å². The summed E-state index contributed by atoms with van der Waals surface area (Å²) in [4.78, 5) is 19.5. The fourth-order valence-electron chi connectivity index (χ4n) is 3.75. The first-order valence-electron chi connectivity index (χ1n) is 10.4. The minimum atomic E-state index is 0.265. The van der Waals surface area contributed by atoms with Gasteiger partial charge < -0.3 is 4.90 Å². The van der Waals surface area contributed by atoms with Crippen molar-refractivity contribution in [2.45, 2.75) is 34.1 Å². The van der Waals surface area contributed by atoms with Crippen LogP contribution in [0.5, 0.6) is 0 Å². The van der Waals surface area contributed by atoms with Crippen LogP contribution in [0.2, 0.25) is 10.0 Å². The van der Waals surface area contributed by atoms with Gasteiger partial charge >= 0.3 is 0 Å². The van der Waals surface area contributed by atoms with Gasteiger partial charge in [-0.25, -0.2) is 0 Å². The minimum Gasteiger partial charge on any atom is -0.339 e. The minimum absolute atomic E-state index is 0.265. The zero-order valence-corrected chi connectivity index (χ0v) is 19.3. The molecular weight excluding hydrogens is 393 g/mol. The van der Waals surface area contributed by atoms with Crippen LogP contribution in [0, 0.1) is 11.8 Å². The molecule has 1 heterocycles. The topological polar surface area (TPSA) is 26.8 Å². The molecule has 0 atom stereocenters. The van der Waals surface area contributed by atoms with Crippen molar-refractivity contribution in [3.63, 3.8) is 0 Å². The van der Waals surface area contributed by atoms with Crippen LogP contribution in [0.3, 0.4) is 0 Å². The first-order valence-corrected chi connectivity index (χ1v) is 11.2. The van der Waals surface area contributed by atoms with Crippen molar-refractivity contribution >= 4 is 29.1 Å². The van der Waals surface area contributed by atoms with Gasteiger partial charge in [-0.1, -0.05) is 57.0 Å². The number of nitrogens with zero attached hydrogens (tertiary/aromatic N) is 3. The van der Waals surface area contributed by atoms with Gasteiger partial charge in [0.15, 0.2) is 0 Å². The third kappa shape index (κ3) is 7.90. The van der Waals surface area contributed by atoms with Crippen LogP contribution >= 0.6 is 23.2 Å². The van der Waals surface area contributed by atoms with Crippen molar-refractivity contribution in [1.29, 1.82) is 0 Å². The number of carbonyl (C=O) groups excluding carboxylic acids is 1. The maximum absolute atomic E-state index is 12.8. The first-order chi connectivity index (χ1) is 13.2. The fraction of sp³-hybridized carbons (Fsp3) is 0.682. The third-order valence-corrected chi connectivity index (χ3v) is 5.63. The monoisotopic (exact) mass is 427 g/mol. The van der Waals surface area contributed by atoms with E-state index in [0.717, 1.165) is 62.8 Å². The molecule has 1 fully saturated rings. The van der Waals surface area contributed by atoms with Crippen LogP contribution in [0.15, 0.2) is 18.2 Å². The molecule has 0 spiro atoms. The zero-order chi connectivity index (χ0) is 20.7. The summed E-state index contributed by atoms with van der Waals surface area (Å²) in [6.45, 7) is 15.8. The van der Waals surface area contributed by atoms with Gasteiger partial charge in [-0.15, -0.1) is 0 Å². The Bertz CT molecular complexity index is 618. The van der Waals surface area contributed by atoms with Gasteiger partial charge in [0.1, 0.15) is 0 Å². The first kappa shape index (κ1) is 23.5. The molecule has 1 saturated heterocycles. The molecule has 158 valence electrons. The van der Waals surface area contributed by atoms with Crippen LogP contribution in [-0.2, 0) is 11.2 Å². The smallest absolute Gasteiger partial charge is 0.236 e. The standard InChI is InChI=1S/C22H35Cl2N3O/c1-17(2)14-26(15-18(3)4)16-22(28)27-11-9-25(10-12-27)8-7-19-5-6-20(23)13-21(19)24/h5-6,13,17-18H,7-12,14-16H2,1-4H3. The summed E-state index contributed by atoms with van der Waals surface area (Å²) < 4.78 is 0. The van der Waals surface area contributed by atoms with Gasteiger partial charge in [-0.3, -0.25) is 14.6 Å². The highest BCUT2D eigenvalue weighted by atomic mass is 35.5. The van der Waals surface area contributed by atoms with E-state index in [1.165, 1.54) is 0 Å². The van der Waals surface area contributed by atoms with Crippen LogP contribution in [0.4, 0.5) is 0 Å². The summed E-state index contributed by atoms with van der Waals surface area (Å²) in [6.07, 6.45) is 0.903. The summed E-state index contributed by atoms with van der Waals surface area (Å²) >= 11 is 12.2. The van der Waals surface area contributed by atoms with E-state index < -0.39 is 0 Å². The molecule has 2 rings (SSSR count). The largest absolute Gasteiger partial charge is 0.339 e. The average Bonchev–Trinajstić information content (AvgIpc) is 2.60. The molecule has 4 nitrogen and oxygen atoms in total. The number of hydrogen-bond acceptors (Lipinski definition) is 3. The second-order valence-electron chi connectivity index (χ2n) is 8.69. The second-order valence-corrected chi connectivity index (χ2v) is 9.53. The highest BCUT2D eigenvalue weighted by molar-refractivity contribution is 6.35. The van der Waals surface area contributed by atoms with Gasteiger partial charge in [0.25, 0.3) is 0 Å². The molecule has 6 heteroatoms. The van der Waals surface area contributed by atoms with Crippen molar-refractivity contribution in [2.75, 3.05) is 52.4 Å². The number of piperazine rings is 1. The fourth-order valence-corrected chi connectivity index (χ4v) is 4.25. The Morgan fingerprint density at radius 1 is 1.04 bits per heavy atom. The van der Waals surface area contributed by atoms with Gasteiger partial charge in [-0.2, -0.15) is 0 Å². The third-order valence-electron chi connectivity index (χ3n) is 5.04. The summed E-state index contributed by atoms with van der Waals surface area (Å²) in [5.41, 5.74) is 1.13. The molecule has 0 N–H and O–H groups in total. The molecule has 0 radical (unpaired) electrons. The maximum Gasteiger partial charge on any atom is 0.236 e. The number of amides is 1. The van der Waals surface area contributed by atoms with E-state index in [1.807, 2.05) is 17.0 Å². The van der Waals surface area contributed by atoms with Crippen molar-refractivity contribution in [2.24, 2.45) is 11.8 Å².